The lowest BCUT2D eigenvalue weighted by Gasteiger charge is -2.21. The Morgan fingerprint density at radius 3 is 1.54 bits per heavy atom. The number of carbonyl (C=O) groups excluding carboxylic acids is 1. The molecule has 196 valence electrons. The molecule has 0 aliphatic heterocycles. The number of ether oxygens (including phenoxy) is 1. The van der Waals surface area contributed by atoms with E-state index in [2.05, 4.69) is 65.8 Å². The largest absolute Gasteiger partial charge is 0.458 e. The van der Waals surface area contributed by atoms with Crippen molar-refractivity contribution in [1.29, 1.82) is 0 Å². The van der Waals surface area contributed by atoms with Crippen molar-refractivity contribution in [2.75, 3.05) is 11.8 Å². The highest BCUT2D eigenvalue weighted by molar-refractivity contribution is 6.18. The van der Waals surface area contributed by atoms with Gasteiger partial charge in [-0.2, -0.15) is 0 Å². The smallest absolute Gasteiger partial charge is 0.303 e. The fourth-order valence-electron chi connectivity index (χ4n) is 3.60. The Bertz CT molecular complexity index is 862. The Labute approximate surface area is 223 Å². The Balaban J connectivity index is 0.000000355. The normalized spacial score (nSPS) is 13.4. The van der Waals surface area contributed by atoms with Gasteiger partial charge in [0.15, 0.2) is 0 Å². The van der Waals surface area contributed by atoms with E-state index in [0.29, 0.717) is 11.8 Å². The zero-order valence-corrected chi connectivity index (χ0v) is 24.0. The Morgan fingerprint density at radius 1 is 0.771 bits per heavy atom. The lowest BCUT2D eigenvalue weighted by Crippen LogP contribution is -2.12. The van der Waals surface area contributed by atoms with Crippen molar-refractivity contribution in [1.82, 2.24) is 0 Å². The van der Waals surface area contributed by atoms with E-state index in [1.165, 1.54) is 18.1 Å². The monoisotopic (exact) mass is 522 g/mol. The average molecular weight is 524 g/mol. The third-order valence-corrected chi connectivity index (χ3v) is 6.36. The lowest BCUT2D eigenvalue weighted by molar-refractivity contribution is -0.147. The van der Waals surface area contributed by atoms with Gasteiger partial charge in [0.05, 0.1) is 6.10 Å². The SMILES string of the molecule is CC(=O)O[C@@H](CCCCl)c1ccc(C(C)(C)C)cc1.CC(C)(C)c1ccc([C@@H](O)CCCCl)cc1. The first-order valence-electron chi connectivity index (χ1n) is 12.5. The summed E-state index contributed by atoms with van der Waals surface area (Å²) < 4.78 is 5.37. The second-order valence-corrected chi connectivity index (χ2v) is 11.8. The minimum Gasteiger partial charge on any atom is -0.458 e. The van der Waals surface area contributed by atoms with Crippen LogP contribution in [0.2, 0.25) is 0 Å². The van der Waals surface area contributed by atoms with Gasteiger partial charge in [-0.05, 0) is 58.8 Å². The van der Waals surface area contributed by atoms with Crippen LogP contribution in [0.25, 0.3) is 0 Å². The standard InChI is InChI=1S/C16H23ClO2.C14H21ClO/c1-12(18)19-15(6-5-11-17)13-7-9-14(10-8-13)16(2,3)4;1-14(2,3)12-8-6-11(7-9-12)13(16)5-4-10-15/h7-10,15H,5-6,11H2,1-4H3;6-9,13,16H,4-5,10H2,1-3H3/t15-;13-/m00/s1. The maximum absolute atomic E-state index is 11.2. The molecule has 1 N–H and O–H groups in total. The molecule has 0 aliphatic rings. The number of esters is 1. The third-order valence-electron chi connectivity index (χ3n) is 5.83. The van der Waals surface area contributed by atoms with Gasteiger partial charge in [0.1, 0.15) is 6.10 Å². The van der Waals surface area contributed by atoms with Gasteiger partial charge in [0.25, 0.3) is 0 Å². The second kappa shape index (κ2) is 14.9. The number of hydrogen-bond acceptors (Lipinski definition) is 3. The number of hydrogen-bond donors (Lipinski definition) is 1. The molecular formula is C30H44Cl2O3. The topological polar surface area (TPSA) is 46.5 Å². The Kier molecular flexibility index (Phi) is 13.4. The summed E-state index contributed by atoms with van der Waals surface area (Å²) >= 11 is 11.3. The highest BCUT2D eigenvalue weighted by Gasteiger charge is 2.17. The summed E-state index contributed by atoms with van der Waals surface area (Å²) in [5, 5.41) is 9.89. The van der Waals surface area contributed by atoms with E-state index in [9.17, 15) is 9.90 Å². The maximum Gasteiger partial charge on any atom is 0.303 e. The van der Waals surface area contributed by atoms with E-state index in [1.54, 1.807) is 0 Å². The van der Waals surface area contributed by atoms with Crippen LogP contribution in [-0.4, -0.2) is 22.8 Å². The van der Waals surface area contributed by atoms with Crippen molar-refractivity contribution in [3.8, 4) is 0 Å². The molecule has 2 rings (SSSR count). The molecule has 2 aromatic carbocycles. The van der Waals surface area contributed by atoms with Crippen LogP contribution in [0.5, 0.6) is 0 Å². The third kappa shape index (κ3) is 11.8. The molecule has 0 fully saturated rings. The molecule has 0 heterocycles. The fourth-order valence-corrected chi connectivity index (χ4v) is 3.91. The summed E-state index contributed by atoms with van der Waals surface area (Å²) in [6.07, 6.45) is 2.61. The highest BCUT2D eigenvalue weighted by atomic mass is 35.5. The molecule has 0 saturated carbocycles. The van der Waals surface area contributed by atoms with Crippen molar-refractivity contribution >= 4 is 29.2 Å². The van der Waals surface area contributed by atoms with E-state index in [4.69, 9.17) is 27.9 Å². The molecule has 0 radical (unpaired) electrons. The van der Waals surface area contributed by atoms with Crippen LogP contribution in [0.15, 0.2) is 48.5 Å². The van der Waals surface area contributed by atoms with Gasteiger partial charge >= 0.3 is 5.97 Å². The van der Waals surface area contributed by atoms with E-state index in [0.717, 1.165) is 36.8 Å². The number of rotatable bonds is 9. The fraction of sp³-hybridized carbons (Fsp3) is 0.567. The first-order valence-corrected chi connectivity index (χ1v) is 13.5. The van der Waals surface area contributed by atoms with E-state index < -0.39 is 0 Å². The number of aliphatic hydroxyl groups is 1. The van der Waals surface area contributed by atoms with Gasteiger partial charge < -0.3 is 9.84 Å². The van der Waals surface area contributed by atoms with Gasteiger partial charge in [0.2, 0.25) is 0 Å². The van der Waals surface area contributed by atoms with Gasteiger partial charge in [-0.3, -0.25) is 4.79 Å². The van der Waals surface area contributed by atoms with Crippen LogP contribution < -0.4 is 0 Å². The van der Waals surface area contributed by atoms with Gasteiger partial charge in [0, 0.05) is 18.7 Å². The minimum atomic E-state index is -0.382. The lowest BCUT2D eigenvalue weighted by atomic mass is 9.86. The molecular weight excluding hydrogens is 479 g/mol. The number of alkyl halides is 2. The summed E-state index contributed by atoms with van der Waals surface area (Å²) in [6.45, 7) is 14.5. The molecule has 0 bridgehead atoms. The van der Waals surface area contributed by atoms with Crippen LogP contribution in [-0.2, 0) is 20.4 Å². The summed E-state index contributed by atoms with van der Waals surface area (Å²) in [5.41, 5.74) is 4.88. The van der Waals surface area contributed by atoms with Crippen LogP contribution in [0.3, 0.4) is 0 Å². The van der Waals surface area contributed by atoms with E-state index >= 15 is 0 Å². The van der Waals surface area contributed by atoms with Crippen molar-refractivity contribution in [3.63, 3.8) is 0 Å². The average Bonchev–Trinajstić information content (AvgIpc) is 2.79. The highest BCUT2D eigenvalue weighted by Crippen LogP contribution is 2.28. The van der Waals surface area contributed by atoms with Crippen LogP contribution in [0.4, 0.5) is 0 Å². The molecule has 3 nitrogen and oxygen atoms in total. The van der Waals surface area contributed by atoms with Crippen molar-refractivity contribution < 1.29 is 14.6 Å². The van der Waals surface area contributed by atoms with Crippen molar-refractivity contribution in [3.05, 3.63) is 70.8 Å². The second-order valence-electron chi connectivity index (χ2n) is 11.0. The van der Waals surface area contributed by atoms with Crippen LogP contribution in [0, 0.1) is 0 Å². The molecule has 0 aromatic heterocycles. The maximum atomic E-state index is 11.2. The quantitative estimate of drug-likeness (QED) is 0.264. The number of aliphatic hydroxyl groups excluding tert-OH is 1. The molecule has 0 saturated heterocycles. The predicted molar refractivity (Wildman–Crippen MR) is 150 cm³/mol. The predicted octanol–water partition coefficient (Wildman–Crippen LogP) is 8.64. The van der Waals surface area contributed by atoms with Crippen molar-refractivity contribution in [2.24, 2.45) is 0 Å². The molecule has 35 heavy (non-hydrogen) atoms. The van der Waals surface area contributed by atoms with Crippen LogP contribution in [0.1, 0.15) is 109 Å². The summed E-state index contributed by atoms with van der Waals surface area (Å²) in [4.78, 5) is 11.2. The van der Waals surface area contributed by atoms with Crippen molar-refractivity contribution in [2.45, 2.75) is 97.2 Å². The van der Waals surface area contributed by atoms with Gasteiger partial charge in [-0.15, -0.1) is 23.2 Å². The van der Waals surface area contributed by atoms with E-state index in [1.807, 2.05) is 24.3 Å². The molecule has 0 spiro atoms. The zero-order chi connectivity index (χ0) is 26.6. The Morgan fingerprint density at radius 2 is 1.17 bits per heavy atom. The first kappa shape index (κ1) is 31.5. The summed E-state index contributed by atoms with van der Waals surface area (Å²) in [7, 11) is 0. The van der Waals surface area contributed by atoms with E-state index in [-0.39, 0.29) is 29.0 Å². The summed E-state index contributed by atoms with van der Waals surface area (Å²) in [5.74, 6) is 0.939. The molecule has 0 unspecified atom stereocenters. The Hall–Kier alpha value is -1.55. The number of halogens is 2. The summed E-state index contributed by atoms with van der Waals surface area (Å²) in [6, 6.07) is 16.5. The molecule has 0 aliphatic carbocycles. The number of carbonyl (C=O) groups is 1. The zero-order valence-electron chi connectivity index (χ0n) is 22.5. The van der Waals surface area contributed by atoms with Gasteiger partial charge in [-0.1, -0.05) is 90.1 Å². The van der Waals surface area contributed by atoms with Crippen LogP contribution >= 0.6 is 23.2 Å². The molecule has 0 amide bonds. The molecule has 5 heteroatoms. The first-order chi connectivity index (χ1) is 16.3. The minimum absolute atomic E-state index is 0.131. The molecule has 2 atom stereocenters. The van der Waals surface area contributed by atoms with Gasteiger partial charge in [-0.25, -0.2) is 0 Å². The number of benzene rings is 2. The molecule has 2 aromatic rings.